The van der Waals surface area contributed by atoms with Gasteiger partial charge in [-0.3, -0.25) is 9.36 Å². The second-order valence-electron chi connectivity index (χ2n) is 9.07. The van der Waals surface area contributed by atoms with Crippen LogP contribution < -0.4 is 21.6 Å². The lowest BCUT2D eigenvalue weighted by Gasteiger charge is -2.31. The summed E-state index contributed by atoms with van der Waals surface area (Å²) >= 11 is 0. The third-order valence-electron chi connectivity index (χ3n) is 6.53. The SMILES string of the molecule is Cc1ccc(NC(=O)c2ccc(N3CCOCC3)c(C(F)(F)F)c2)cc1-n1c(C)c2cnc(N)nc2nc1=O. The smallest absolute Gasteiger partial charge is 0.378 e. The first-order valence-electron chi connectivity index (χ1n) is 12.0. The molecule has 0 atom stereocenters. The van der Waals surface area contributed by atoms with Gasteiger partial charge in [0, 0.05) is 41.9 Å². The minimum atomic E-state index is -4.66. The van der Waals surface area contributed by atoms with Crippen LogP contribution in [0.2, 0.25) is 0 Å². The molecular formula is C26H24F3N7O3. The number of benzene rings is 2. The molecule has 0 bridgehead atoms. The molecule has 4 aromatic rings. The van der Waals surface area contributed by atoms with Crippen LogP contribution in [0.5, 0.6) is 0 Å². The van der Waals surface area contributed by atoms with Gasteiger partial charge in [-0.05, 0) is 49.7 Å². The van der Waals surface area contributed by atoms with Crippen LogP contribution in [0.1, 0.15) is 27.2 Å². The van der Waals surface area contributed by atoms with Crippen molar-refractivity contribution in [2.45, 2.75) is 20.0 Å². The molecular weight excluding hydrogens is 515 g/mol. The van der Waals surface area contributed by atoms with Crippen LogP contribution in [-0.4, -0.2) is 51.7 Å². The first-order chi connectivity index (χ1) is 18.5. The van der Waals surface area contributed by atoms with Gasteiger partial charge < -0.3 is 20.7 Å². The van der Waals surface area contributed by atoms with Gasteiger partial charge in [0.15, 0.2) is 5.65 Å². The first-order valence-corrected chi connectivity index (χ1v) is 12.0. The van der Waals surface area contributed by atoms with E-state index in [0.29, 0.717) is 48.6 Å². The van der Waals surface area contributed by atoms with Crippen molar-refractivity contribution in [1.82, 2.24) is 19.5 Å². The van der Waals surface area contributed by atoms with E-state index in [4.69, 9.17) is 10.5 Å². The van der Waals surface area contributed by atoms with Gasteiger partial charge in [0.1, 0.15) is 0 Å². The molecule has 1 amide bonds. The quantitative estimate of drug-likeness (QED) is 0.404. The Labute approximate surface area is 220 Å². The molecule has 2 aromatic carbocycles. The van der Waals surface area contributed by atoms with E-state index in [2.05, 4.69) is 20.3 Å². The number of amides is 1. The molecule has 3 heterocycles. The van der Waals surface area contributed by atoms with Gasteiger partial charge in [-0.15, -0.1) is 0 Å². The zero-order valence-corrected chi connectivity index (χ0v) is 21.0. The molecule has 1 aliphatic rings. The van der Waals surface area contributed by atoms with E-state index in [0.717, 1.165) is 6.07 Å². The number of nitrogens with zero attached hydrogens (tertiary/aromatic N) is 5. The van der Waals surface area contributed by atoms with Crippen LogP contribution in [0.3, 0.4) is 0 Å². The number of hydrogen-bond acceptors (Lipinski definition) is 8. The second kappa shape index (κ2) is 9.98. The standard InChI is InChI=1S/C26H24F3N7O3/c1-14-3-5-17(12-21(14)36-15(2)18-13-31-24(30)33-22(18)34-25(36)38)32-23(37)16-4-6-20(19(11-16)26(27,28)29)35-7-9-39-10-8-35/h3-6,11-13H,7-10H2,1-2H3,(H,32,37)(H2,30,33,34,38). The van der Waals surface area contributed by atoms with Gasteiger partial charge in [0.25, 0.3) is 5.91 Å². The van der Waals surface area contributed by atoms with Gasteiger partial charge >= 0.3 is 11.9 Å². The fourth-order valence-electron chi connectivity index (χ4n) is 4.53. The molecule has 0 radical (unpaired) electrons. The summed E-state index contributed by atoms with van der Waals surface area (Å²) in [5.74, 6) is -0.743. The van der Waals surface area contributed by atoms with Gasteiger partial charge in [-0.1, -0.05) is 6.07 Å². The predicted molar refractivity (Wildman–Crippen MR) is 139 cm³/mol. The number of rotatable bonds is 4. The van der Waals surface area contributed by atoms with Gasteiger partial charge in [0.2, 0.25) is 5.95 Å². The number of aryl methyl sites for hydroxylation is 2. The second-order valence-corrected chi connectivity index (χ2v) is 9.07. The van der Waals surface area contributed by atoms with Crippen molar-refractivity contribution in [3.8, 4) is 5.69 Å². The number of halogens is 3. The molecule has 10 nitrogen and oxygen atoms in total. The topological polar surface area (TPSA) is 128 Å². The number of nitrogens with two attached hydrogens (primary N) is 1. The van der Waals surface area contributed by atoms with E-state index >= 15 is 0 Å². The molecule has 1 saturated heterocycles. The van der Waals surface area contributed by atoms with Gasteiger partial charge in [0.05, 0.1) is 29.9 Å². The fourth-order valence-corrected chi connectivity index (χ4v) is 4.53. The summed E-state index contributed by atoms with van der Waals surface area (Å²) in [6.45, 7) is 4.77. The fraction of sp³-hybridized carbons (Fsp3) is 0.269. The number of carbonyl (C=O) groups is 1. The summed E-state index contributed by atoms with van der Waals surface area (Å²) in [6.07, 6.45) is -3.19. The molecule has 0 saturated carbocycles. The van der Waals surface area contributed by atoms with Gasteiger partial charge in [-0.25, -0.2) is 9.78 Å². The van der Waals surface area contributed by atoms with Crippen molar-refractivity contribution < 1.29 is 22.7 Å². The number of nitrogen functional groups attached to an aromatic ring is 1. The third-order valence-corrected chi connectivity index (χ3v) is 6.53. The maximum Gasteiger partial charge on any atom is 0.418 e. The molecule has 2 aromatic heterocycles. The van der Waals surface area contributed by atoms with Gasteiger partial charge in [-0.2, -0.15) is 23.1 Å². The Morgan fingerprint density at radius 2 is 1.79 bits per heavy atom. The molecule has 3 N–H and O–H groups in total. The molecule has 1 fully saturated rings. The summed E-state index contributed by atoms with van der Waals surface area (Å²) in [6, 6.07) is 8.36. The number of alkyl halides is 3. The predicted octanol–water partition coefficient (Wildman–Crippen LogP) is 3.48. The molecule has 39 heavy (non-hydrogen) atoms. The first kappa shape index (κ1) is 26.1. The monoisotopic (exact) mass is 539 g/mol. The van der Waals surface area contributed by atoms with E-state index in [9.17, 15) is 22.8 Å². The van der Waals surface area contributed by atoms with Crippen LogP contribution >= 0.6 is 0 Å². The number of fused-ring (bicyclic) bond motifs is 1. The number of aromatic nitrogens is 4. The van der Waals surface area contributed by atoms with Crippen molar-refractivity contribution in [2.24, 2.45) is 0 Å². The number of ether oxygens (including phenoxy) is 1. The Morgan fingerprint density at radius 1 is 1.05 bits per heavy atom. The third kappa shape index (κ3) is 5.12. The van der Waals surface area contributed by atoms with Crippen LogP contribution in [0.25, 0.3) is 16.7 Å². The maximum absolute atomic E-state index is 13.9. The Kier molecular flexibility index (Phi) is 6.68. The average molecular weight is 540 g/mol. The Hall–Kier alpha value is -4.52. The Morgan fingerprint density at radius 3 is 2.51 bits per heavy atom. The molecule has 1 aliphatic heterocycles. The van der Waals surface area contributed by atoms with E-state index in [-0.39, 0.29) is 28.5 Å². The zero-order valence-electron chi connectivity index (χ0n) is 21.0. The van der Waals surface area contributed by atoms with Crippen molar-refractivity contribution >= 4 is 34.3 Å². The number of anilines is 3. The molecule has 5 rings (SSSR count). The van der Waals surface area contributed by atoms with E-state index in [1.165, 1.54) is 22.9 Å². The molecule has 0 spiro atoms. The van der Waals surface area contributed by atoms with Crippen LogP contribution in [0.15, 0.2) is 47.4 Å². The highest BCUT2D eigenvalue weighted by molar-refractivity contribution is 6.05. The lowest BCUT2D eigenvalue weighted by atomic mass is 10.1. The maximum atomic E-state index is 13.9. The minimum Gasteiger partial charge on any atom is -0.378 e. The average Bonchev–Trinajstić information content (AvgIpc) is 2.90. The summed E-state index contributed by atoms with van der Waals surface area (Å²) < 4.78 is 48.4. The number of hydrogen-bond donors (Lipinski definition) is 2. The van der Waals surface area contributed by atoms with Crippen molar-refractivity contribution in [2.75, 3.05) is 42.3 Å². The van der Waals surface area contributed by atoms with Crippen molar-refractivity contribution in [3.05, 3.63) is 75.5 Å². The summed E-state index contributed by atoms with van der Waals surface area (Å²) in [7, 11) is 0. The molecule has 202 valence electrons. The van der Waals surface area contributed by atoms with Crippen molar-refractivity contribution in [1.29, 1.82) is 0 Å². The highest BCUT2D eigenvalue weighted by atomic mass is 19.4. The minimum absolute atomic E-state index is 0.00404. The normalized spacial score (nSPS) is 14.0. The lowest BCUT2D eigenvalue weighted by Crippen LogP contribution is -2.37. The highest BCUT2D eigenvalue weighted by Gasteiger charge is 2.36. The zero-order chi connectivity index (χ0) is 27.9. The highest BCUT2D eigenvalue weighted by Crippen LogP contribution is 2.38. The molecule has 0 aliphatic carbocycles. The van der Waals surface area contributed by atoms with E-state index in [1.807, 2.05) is 0 Å². The number of morpholine rings is 1. The summed E-state index contributed by atoms with van der Waals surface area (Å²) in [5, 5.41) is 3.15. The van der Waals surface area contributed by atoms with Crippen LogP contribution in [-0.2, 0) is 10.9 Å². The number of nitrogens with one attached hydrogen (secondary N) is 1. The Bertz CT molecular complexity index is 1650. The van der Waals surface area contributed by atoms with Crippen LogP contribution in [0, 0.1) is 13.8 Å². The summed E-state index contributed by atoms with van der Waals surface area (Å²) in [4.78, 5) is 39.5. The summed E-state index contributed by atoms with van der Waals surface area (Å²) in [5.41, 5.74) is 6.03. The van der Waals surface area contributed by atoms with Crippen LogP contribution in [0.4, 0.5) is 30.5 Å². The van der Waals surface area contributed by atoms with Crippen molar-refractivity contribution in [3.63, 3.8) is 0 Å². The number of carbonyl (C=O) groups excluding carboxylic acids is 1. The Balaban J connectivity index is 1.48. The molecule has 13 heteroatoms. The molecule has 0 unspecified atom stereocenters. The van der Waals surface area contributed by atoms with E-state index in [1.54, 1.807) is 36.9 Å². The lowest BCUT2D eigenvalue weighted by molar-refractivity contribution is -0.137. The largest absolute Gasteiger partial charge is 0.418 e. The van der Waals surface area contributed by atoms with E-state index < -0.39 is 23.3 Å².